The van der Waals surface area contributed by atoms with Crippen LogP contribution in [0.25, 0.3) is 0 Å². The molecule has 0 aliphatic heterocycles. The first-order chi connectivity index (χ1) is 7.04. The molecule has 15 heavy (non-hydrogen) atoms. The molecule has 0 atom stereocenters. The zero-order valence-corrected chi connectivity index (χ0v) is 7.83. The molecule has 2 nitrogen and oxygen atoms in total. The van der Waals surface area contributed by atoms with Crippen molar-refractivity contribution >= 4 is 6.21 Å². The average Bonchev–Trinajstić information content (AvgIpc) is 2.18. The van der Waals surface area contributed by atoms with E-state index in [-0.39, 0.29) is 0 Å². The Kier molecular flexibility index (Phi) is 3.71. The van der Waals surface area contributed by atoms with Gasteiger partial charge in [0.2, 0.25) is 0 Å². The van der Waals surface area contributed by atoms with Crippen molar-refractivity contribution in [3.05, 3.63) is 35.4 Å². The molecule has 0 radical (unpaired) electrons. The molecule has 0 saturated heterocycles. The van der Waals surface area contributed by atoms with Gasteiger partial charge < -0.3 is 5.21 Å². The molecular formula is C10H10F3NO. The number of halogens is 3. The second kappa shape index (κ2) is 4.82. The normalized spacial score (nSPS) is 12.2. The van der Waals surface area contributed by atoms with Crippen LogP contribution < -0.4 is 0 Å². The molecule has 1 N–H and O–H groups in total. The number of hydrogen-bond acceptors (Lipinski definition) is 2. The summed E-state index contributed by atoms with van der Waals surface area (Å²) in [6, 6.07) is 4.94. The molecule has 0 aromatic heterocycles. The Morgan fingerprint density at radius 3 is 2.27 bits per heavy atom. The Morgan fingerprint density at radius 1 is 1.20 bits per heavy atom. The molecule has 0 spiro atoms. The Morgan fingerprint density at radius 2 is 1.80 bits per heavy atom. The summed E-state index contributed by atoms with van der Waals surface area (Å²) < 4.78 is 36.5. The van der Waals surface area contributed by atoms with Gasteiger partial charge in [-0.25, -0.2) is 0 Å². The molecule has 0 aliphatic carbocycles. The van der Waals surface area contributed by atoms with Crippen LogP contribution in [-0.2, 0) is 12.6 Å². The molecule has 0 heterocycles. The maximum Gasteiger partial charge on any atom is 0.416 e. The van der Waals surface area contributed by atoms with Gasteiger partial charge in [0.25, 0.3) is 0 Å². The molecule has 0 unspecified atom stereocenters. The summed E-state index contributed by atoms with van der Waals surface area (Å²) in [4.78, 5) is 0. The van der Waals surface area contributed by atoms with E-state index in [2.05, 4.69) is 5.16 Å². The van der Waals surface area contributed by atoms with Crippen molar-refractivity contribution in [1.82, 2.24) is 0 Å². The standard InChI is InChI=1S/C10H10F3NO/c11-10(12,13)9-5-3-8(4-6-9)2-1-7-14-15/h3-7,15H,1-2H2/b14-7+. The van der Waals surface area contributed by atoms with Gasteiger partial charge in [-0.1, -0.05) is 12.1 Å². The van der Waals surface area contributed by atoms with Crippen LogP contribution >= 0.6 is 0 Å². The van der Waals surface area contributed by atoms with E-state index >= 15 is 0 Å². The topological polar surface area (TPSA) is 32.6 Å². The average molecular weight is 217 g/mol. The molecule has 1 aromatic carbocycles. The Bertz CT molecular complexity index is 330. The molecule has 5 heteroatoms. The van der Waals surface area contributed by atoms with E-state index in [0.717, 1.165) is 17.7 Å². The fourth-order valence-electron chi connectivity index (χ4n) is 1.15. The molecule has 0 aliphatic rings. The highest BCUT2D eigenvalue weighted by atomic mass is 19.4. The largest absolute Gasteiger partial charge is 0.416 e. The number of benzene rings is 1. The van der Waals surface area contributed by atoms with Gasteiger partial charge in [0, 0.05) is 6.21 Å². The highest BCUT2D eigenvalue weighted by Crippen LogP contribution is 2.29. The van der Waals surface area contributed by atoms with Gasteiger partial charge in [0.15, 0.2) is 0 Å². The molecule has 82 valence electrons. The summed E-state index contributed by atoms with van der Waals surface area (Å²) in [7, 11) is 0. The first-order valence-electron chi connectivity index (χ1n) is 4.36. The lowest BCUT2D eigenvalue weighted by atomic mass is 10.1. The third-order valence-electron chi connectivity index (χ3n) is 1.93. The van der Waals surface area contributed by atoms with Crippen LogP contribution in [-0.4, -0.2) is 11.4 Å². The smallest absolute Gasteiger partial charge is 0.411 e. The molecule has 1 rings (SSSR count). The fourth-order valence-corrected chi connectivity index (χ4v) is 1.15. The van der Waals surface area contributed by atoms with E-state index in [1.807, 2.05) is 0 Å². The molecule has 0 fully saturated rings. The first kappa shape index (κ1) is 11.6. The first-order valence-corrected chi connectivity index (χ1v) is 4.36. The van der Waals surface area contributed by atoms with Crippen molar-refractivity contribution in [2.45, 2.75) is 19.0 Å². The van der Waals surface area contributed by atoms with Crippen LogP contribution in [0, 0.1) is 0 Å². The second-order valence-corrected chi connectivity index (χ2v) is 3.03. The predicted octanol–water partition coefficient (Wildman–Crippen LogP) is 3.10. The van der Waals surface area contributed by atoms with Gasteiger partial charge in [-0.15, -0.1) is 5.16 Å². The summed E-state index contributed by atoms with van der Waals surface area (Å²) in [5.41, 5.74) is 0.130. The number of alkyl halides is 3. The van der Waals surface area contributed by atoms with E-state index in [0.29, 0.717) is 12.8 Å². The summed E-state index contributed by atoms with van der Waals surface area (Å²) in [5, 5.41) is 10.9. The van der Waals surface area contributed by atoms with E-state index < -0.39 is 11.7 Å². The maximum atomic E-state index is 12.2. The van der Waals surface area contributed by atoms with Crippen molar-refractivity contribution in [3.8, 4) is 0 Å². The Balaban J connectivity index is 2.64. The summed E-state index contributed by atoms with van der Waals surface area (Å²) >= 11 is 0. The number of nitrogens with zero attached hydrogens (tertiary/aromatic N) is 1. The van der Waals surface area contributed by atoms with Gasteiger partial charge >= 0.3 is 6.18 Å². The van der Waals surface area contributed by atoms with Crippen LogP contribution in [0.15, 0.2) is 29.4 Å². The highest BCUT2D eigenvalue weighted by molar-refractivity contribution is 5.56. The quantitative estimate of drug-likeness (QED) is 0.471. The van der Waals surface area contributed by atoms with Crippen LogP contribution in [0.3, 0.4) is 0 Å². The summed E-state index contributed by atoms with van der Waals surface area (Å²) in [5.74, 6) is 0. The molecule has 0 bridgehead atoms. The molecule has 1 aromatic rings. The van der Waals surface area contributed by atoms with Crippen LogP contribution in [0.4, 0.5) is 13.2 Å². The zero-order valence-electron chi connectivity index (χ0n) is 7.83. The van der Waals surface area contributed by atoms with E-state index in [9.17, 15) is 13.2 Å². The third-order valence-corrected chi connectivity index (χ3v) is 1.93. The van der Waals surface area contributed by atoms with Gasteiger partial charge in [-0.3, -0.25) is 0 Å². The number of oxime groups is 1. The minimum Gasteiger partial charge on any atom is -0.411 e. The highest BCUT2D eigenvalue weighted by Gasteiger charge is 2.29. The SMILES string of the molecule is O/N=C/CCc1ccc(C(F)(F)F)cc1. The molecule has 0 saturated carbocycles. The van der Waals surface area contributed by atoms with Gasteiger partial charge in [0.05, 0.1) is 5.56 Å². The van der Waals surface area contributed by atoms with Gasteiger partial charge in [0.1, 0.15) is 0 Å². The van der Waals surface area contributed by atoms with E-state index in [1.54, 1.807) is 0 Å². The van der Waals surface area contributed by atoms with Crippen molar-refractivity contribution in [2.24, 2.45) is 5.16 Å². The maximum absolute atomic E-state index is 12.2. The predicted molar refractivity (Wildman–Crippen MR) is 50.0 cm³/mol. The van der Waals surface area contributed by atoms with Crippen molar-refractivity contribution in [3.63, 3.8) is 0 Å². The Hall–Kier alpha value is -1.52. The van der Waals surface area contributed by atoms with Crippen molar-refractivity contribution in [2.75, 3.05) is 0 Å². The summed E-state index contributed by atoms with van der Waals surface area (Å²) in [6.45, 7) is 0. The summed E-state index contributed by atoms with van der Waals surface area (Å²) in [6.07, 6.45) is -1.92. The fraction of sp³-hybridized carbons (Fsp3) is 0.300. The minimum absolute atomic E-state index is 0.502. The number of aryl methyl sites for hydroxylation is 1. The van der Waals surface area contributed by atoms with Gasteiger partial charge in [-0.05, 0) is 30.5 Å². The second-order valence-electron chi connectivity index (χ2n) is 3.03. The van der Waals surface area contributed by atoms with Crippen LogP contribution in [0.5, 0.6) is 0 Å². The lowest BCUT2D eigenvalue weighted by molar-refractivity contribution is -0.137. The van der Waals surface area contributed by atoms with Crippen LogP contribution in [0.1, 0.15) is 17.5 Å². The monoisotopic (exact) mass is 217 g/mol. The zero-order chi connectivity index (χ0) is 11.3. The molecular weight excluding hydrogens is 207 g/mol. The van der Waals surface area contributed by atoms with Crippen LogP contribution in [0.2, 0.25) is 0 Å². The lowest BCUT2D eigenvalue weighted by Gasteiger charge is -2.06. The lowest BCUT2D eigenvalue weighted by Crippen LogP contribution is -2.04. The van der Waals surface area contributed by atoms with E-state index in [1.165, 1.54) is 18.3 Å². The van der Waals surface area contributed by atoms with E-state index in [4.69, 9.17) is 5.21 Å². The van der Waals surface area contributed by atoms with Gasteiger partial charge in [-0.2, -0.15) is 13.2 Å². The third kappa shape index (κ3) is 3.61. The number of hydrogen-bond donors (Lipinski definition) is 1. The number of rotatable bonds is 3. The molecule has 0 amide bonds. The van der Waals surface area contributed by atoms with Crippen molar-refractivity contribution < 1.29 is 18.4 Å². The Labute approximate surface area is 85.0 Å². The van der Waals surface area contributed by atoms with Crippen molar-refractivity contribution in [1.29, 1.82) is 0 Å². The minimum atomic E-state index is -4.29.